The molecule has 1 aromatic heterocycles. The summed E-state index contributed by atoms with van der Waals surface area (Å²) in [6.45, 7) is 0. The van der Waals surface area contributed by atoms with Crippen LogP contribution in [0.15, 0.2) is 188 Å². The lowest BCUT2D eigenvalue weighted by Gasteiger charge is -2.39. The van der Waals surface area contributed by atoms with E-state index in [9.17, 15) is 0 Å². The molecule has 8 aromatic carbocycles. The molecule has 2 aliphatic rings. The van der Waals surface area contributed by atoms with Crippen molar-refractivity contribution in [2.45, 2.75) is 5.41 Å². The van der Waals surface area contributed by atoms with Crippen LogP contribution >= 0.6 is 0 Å². The molecule has 1 aliphatic heterocycles. The number of aromatic nitrogens is 3. The molecule has 54 heavy (non-hydrogen) atoms. The zero-order valence-electron chi connectivity index (χ0n) is 29.1. The first kappa shape index (κ1) is 30.5. The van der Waals surface area contributed by atoms with Crippen LogP contribution in [0.5, 0.6) is 11.5 Å². The molecule has 252 valence electrons. The highest BCUT2D eigenvalue weighted by Gasteiger charge is 2.51. The average Bonchev–Trinajstić information content (AvgIpc) is 3.54. The van der Waals surface area contributed by atoms with Crippen LogP contribution in [0.25, 0.3) is 67.2 Å². The van der Waals surface area contributed by atoms with Crippen molar-refractivity contribution in [3.63, 3.8) is 0 Å². The third kappa shape index (κ3) is 4.53. The summed E-state index contributed by atoms with van der Waals surface area (Å²) in [4.78, 5) is 15.6. The summed E-state index contributed by atoms with van der Waals surface area (Å²) in [5, 5.41) is 2.45. The van der Waals surface area contributed by atoms with Crippen LogP contribution in [0.1, 0.15) is 22.3 Å². The van der Waals surface area contributed by atoms with Crippen molar-refractivity contribution in [2.24, 2.45) is 0 Å². The highest BCUT2D eigenvalue weighted by atomic mass is 16.5. The molecule has 0 bridgehead atoms. The normalized spacial score (nSPS) is 13.1. The van der Waals surface area contributed by atoms with Crippen LogP contribution in [-0.2, 0) is 5.41 Å². The van der Waals surface area contributed by atoms with Gasteiger partial charge in [-0.2, -0.15) is 0 Å². The van der Waals surface area contributed by atoms with Crippen molar-refractivity contribution in [2.75, 3.05) is 0 Å². The van der Waals surface area contributed by atoms with Crippen molar-refractivity contribution in [1.82, 2.24) is 15.0 Å². The first-order valence-corrected chi connectivity index (χ1v) is 18.3. The van der Waals surface area contributed by atoms with Crippen LogP contribution in [0.3, 0.4) is 0 Å². The van der Waals surface area contributed by atoms with E-state index in [0.717, 1.165) is 56.0 Å². The molecule has 0 atom stereocenters. The van der Waals surface area contributed by atoms with E-state index in [1.54, 1.807) is 0 Å². The Balaban J connectivity index is 1.12. The first-order chi connectivity index (χ1) is 26.8. The van der Waals surface area contributed by atoms with E-state index in [0.29, 0.717) is 17.5 Å². The second-order valence-corrected chi connectivity index (χ2v) is 13.9. The quantitative estimate of drug-likeness (QED) is 0.185. The summed E-state index contributed by atoms with van der Waals surface area (Å²) in [6.07, 6.45) is 0. The van der Waals surface area contributed by atoms with Gasteiger partial charge in [0, 0.05) is 27.8 Å². The maximum atomic E-state index is 6.56. The number of fused-ring (bicyclic) bond motifs is 10. The Labute approximate surface area is 313 Å². The van der Waals surface area contributed by atoms with Crippen molar-refractivity contribution < 1.29 is 4.74 Å². The minimum Gasteiger partial charge on any atom is -0.457 e. The number of nitrogens with zero attached hydrogens (tertiary/aromatic N) is 3. The third-order valence-electron chi connectivity index (χ3n) is 11.0. The summed E-state index contributed by atoms with van der Waals surface area (Å²) in [6, 6.07) is 66.0. The highest BCUT2D eigenvalue weighted by molar-refractivity contribution is 5.96. The number of hydrogen-bond donors (Lipinski definition) is 0. The predicted molar refractivity (Wildman–Crippen MR) is 216 cm³/mol. The van der Waals surface area contributed by atoms with Gasteiger partial charge in [-0.25, -0.2) is 15.0 Å². The van der Waals surface area contributed by atoms with Crippen molar-refractivity contribution >= 4 is 10.8 Å². The molecule has 0 N–H and O–H groups in total. The average molecular weight is 690 g/mol. The smallest absolute Gasteiger partial charge is 0.164 e. The van der Waals surface area contributed by atoms with Crippen LogP contribution in [0.2, 0.25) is 0 Å². The largest absolute Gasteiger partial charge is 0.457 e. The molecule has 0 saturated carbocycles. The van der Waals surface area contributed by atoms with E-state index in [1.807, 2.05) is 30.3 Å². The molecule has 0 amide bonds. The number of ether oxygens (including phenoxy) is 1. The fraction of sp³-hybridized carbons (Fsp3) is 0.0200. The number of benzene rings is 8. The van der Waals surface area contributed by atoms with Gasteiger partial charge in [-0.3, -0.25) is 0 Å². The fourth-order valence-electron chi connectivity index (χ4n) is 8.61. The highest BCUT2D eigenvalue weighted by Crippen LogP contribution is 2.63. The van der Waals surface area contributed by atoms with Gasteiger partial charge in [-0.15, -0.1) is 0 Å². The Bertz CT molecular complexity index is 2870. The fourth-order valence-corrected chi connectivity index (χ4v) is 8.61. The van der Waals surface area contributed by atoms with E-state index in [-0.39, 0.29) is 0 Å². The standard InChI is InChI=1S/C50H31N3O/c1-2-14-34(15-3-1)47-51-48(35-28-25-33(26-29-35)37-30-27-32-13-4-5-16-36(32)31-37)53-49(52-47)39-18-12-22-43-46(39)38-17-6-7-19-40(38)50(43)41-20-8-10-23-44(41)54-45-24-11-9-21-42(45)50/h1-31H. The van der Waals surface area contributed by atoms with E-state index in [4.69, 9.17) is 19.7 Å². The monoisotopic (exact) mass is 689 g/mol. The number of rotatable bonds is 4. The molecule has 9 aromatic rings. The lowest BCUT2D eigenvalue weighted by Crippen LogP contribution is -2.32. The van der Waals surface area contributed by atoms with Crippen LogP contribution in [0.4, 0.5) is 0 Å². The van der Waals surface area contributed by atoms with E-state index < -0.39 is 5.41 Å². The van der Waals surface area contributed by atoms with Gasteiger partial charge in [0.25, 0.3) is 0 Å². The molecule has 4 heteroatoms. The topological polar surface area (TPSA) is 47.9 Å². The van der Waals surface area contributed by atoms with Crippen LogP contribution in [0, 0.1) is 0 Å². The minimum absolute atomic E-state index is 0.579. The lowest BCUT2D eigenvalue weighted by molar-refractivity contribution is 0.436. The molecule has 0 saturated heterocycles. The molecule has 2 heterocycles. The van der Waals surface area contributed by atoms with E-state index in [2.05, 4.69) is 158 Å². The predicted octanol–water partition coefficient (Wildman–Crippen LogP) is 12.2. The molecular weight excluding hydrogens is 659 g/mol. The van der Waals surface area contributed by atoms with Gasteiger partial charge in [0.2, 0.25) is 0 Å². The number of hydrogen-bond acceptors (Lipinski definition) is 4. The van der Waals surface area contributed by atoms with Gasteiger partial charge >= 0.3 is 0 Å². The van der Waals surface area contributed by atoms with Crippen molar-refractivity contribution in [3.8, 4) is 67.9 Å². The van der Waals surface area contributed by atoms with Crippen molar-refractivity contribution in [1.29, 1.82) is 0 Å². The zero-order valence-corrected chi connectivity index (χ0v) is 29.1. The van der Waals surface area contributed by atoms with Crippen LogP contribution < -0.4 is 4.74 Å². The summed E-state index contributed by atoms with van der Waals surface area (Å²) in [5.41, 5.74) is 11.5. The molecule has 0 fully saturated rings. The van der Waals surface area contributed by atoms with Gasteiger partial charge in [0.05, 0.1) is 5.41 Å². The van der Waals surface area contributed by atoms with Gasteiger partial charge in [-0.05, 0) is 62.4 Å². The second-order valence-electron chi connectivity index (χ2n) is 13.9. The van der Waals surface area contributed by atoms with Crippen molar-refractivity contribution in [3.05, 3.63) is 210 Å². The maximum Gasteiger partial charge on any atom is 0.164 e. The van der Waals surface area contributed by atoms with E-state index >= 15 is 0 Å². The zero-order chi connectivity index (χ0) is 35.6. The Morgan fingerprint density at radius 2 is 0.852 bits per heavy atom. The Hall–Kier alpha value is -7.17. The lowest BCUT2D eigenvalue weighted by atomic mass is 9.66. The second kappa shape index (κ2) is 11.9. The van der Waals surface area contributed by atoms with Gasteiger partial charge in [0.15, 0.2) is 17.5 Å². The summed E-state index contributed by atoms with van der Waals surface area (Å²) < 4.78 is 6.56. The Morgan fingerprint density at radius 1 is 0.333 bits per heavy atom. The molecule has 0 radical (unpaired) electrons. The Morgan fingerprint density at radius 3 is 1.59 bits per heavy atom. The molecule has 1 aliphatic carbocycles. The van der Waals surface area contributed by atoms with Gasteiger partial charge in [-0.1, -0.05) is 170 Å². The minimum atomic E-state index is -0.579. The third-order valence-corrected chi connectivity index (χ3v) is 11.0. The van der Waals surface area contributed by atoms with Crippen LogP contribution in [-0.4, -0.2) is 15.0 Å². The van der Waals surface area contributed by atoms with E-state index in [1.165, 1.54) is 27.5 Å². The molecule has 1 spiro atoms. The molecule has 11 rings (SSSR count). The first-order valence-electron chi connectivity index (χ1n) is 18.3. The maximum absolute atomic E-state index is 6.56. The Kier molecular flexibility index (Phi) is 6.73. The van der Waals surface area contributed by atoms with Gasteiger partial charge < -0.3 is 4.74 Å². The summed E-state index contributed by atoms with van der Waals surface area (Å²) in [7, 11) is 0. The number of para-hydroxylation sites is 2. The molecular formula is C50H31N3O. The SMILES string of the molecule is c1ccc(-c2nc(-c3ccc(-c4ccc5ccccc5c4)cc3)nc(-c3cccc4c3-c3ccccc3C43c4ccccc4Oc4ccccc43)n2)cc1. The molecule has 0 unspecified atom stereocenters. The molecule has 4 nitrogen and oxygen atoms in total. The van der Waals surface area contributed by atoms with Gasteiger partial charge in [0.1, 0.15) is 11.5 Å². The summed E-state index contributed by atoms with van der Waals surface area (Å²) >= 11 is 0. The summed E-state index contributed by atoms with van der Waals surface area (Å²) in [5.74, 6) is 3.63.